The Kier molecular flexibility index (Phi) is 33.9. The van der Waals surface area contributed by atoms with Gasteiger partial charge in [0.2, 0.25) is 0 Å². The molecular formula is C43H64O6. The Balaban J connectivity index is 4.67. The molecule has 6 nitrogen and oxygen atoms in total. The van der Waals surface area contributed by atoms with Crippen LogP contribution in [-0.4, -0.2) is 37.2 Å². The van der Waals surface area contributed by atoms with Gasteiger partial charge < -0.3 is 14.2 Å². The van der Waals surface area contributed by atoms with Crippen LogP contribution in [0.25, 0.3) is 0 Å². The van der Waals surface area contributed by atoms with Crippen LogP contribution in [0.4, 0.5) is 0 Å². The van der Waals surface area contributed by atoms with Crippen molar-refractivity contribution in [1.82, 2.24) is 0 Å². The highest BCUT2D eigenvalue weighted by Crippen LogP contribution is 2.07. The second-order valence-electron chi connectivity index (χ2n) is 11.3. The number of unbranched alkanes of at least 4 members (excludes halogenated alkanes) is 2. The Labute approximate surface area is 298 Å². The lowest BCUT2D eigenvalue weighted by atomic mass is 10.2. The van der Waals surface area contributed by atoms with Crippen molar-refractivity contribution in [2.45, 2.75) is 130 Å². The number of carbonyl (C=O) groups is 3. The smallest absolute Gasteiger partial charge is 0.309 e. The van der Waals surface area contributed by atoms with Crippen molar-refractivity contribution < 1.29 is 28.6 Å². The maximum atomic E-state index is 12.6. The van der Waals surface area contributed by atoms with E-state index in [2.05, 4.69) is 112 Å². The van der Waals surface area contributed by atoms with E-state index >= 15 is 0 Å². The van der Waals surface area contributed by atoms with Gasteiger partial charge in [-0.1, -0.05) is 130 Å². The largest absolute Gasteiger partial charge is 0.462 e. The van der Waals surface area contributed by atoms with E-state index in [0.29, 0.717) is 12.8 Å². The molecule has 49 heavy (non-hydrogen) atoms. The van der Waals surface area contributed by atoms with Crippen molar-refractivity contribution >= 4 is 17.9 Å². The summed E-state index contributed by atoms with van der Waals surface area (Å²) >= 11 is 0. The molecule has 0 aliphatic rings. The second kappa shape index (κ2) is 36.9. The van der Waals surface area contributed by atoms with E-state index in [-0.39, 0.29) is 38.4 Å². The van der Waals surface area contributed by atoms with Crippen molar-refractivity contribution in [2.75, 3.05) is 13.2 Å². The summed E-state index contributed by atoms with van der Waals surface area (Å²) in [5.41, 5.74) is 0. The Bertz CT molecular complexity index is 1100. The lowest BCUT2D eigenvalue weighted by molar-refractivity contribution is -0.166. The standard InChI is InChI=1S/C43H64O6/c1-4-7-10-13-16-19-21-24-27-30-33-36-42(45)48-39-40(38-47-41(44)35-32-29-26-23-18-15-12-9-6-3)49-43(46)37-34-31-28-25-22-20-17-14-11-8-5-2/h7-12,16-20,23-25,27-29,32,40H,4-6,13-15,21-22,26,30-31,33-39H2,1-3H3/b10-7-,11-8-,12-9-,19-16-,20-17-,23-18-,27-24-,28-25-,32-29-. The van der Waals surface area contributed by atoms with Gasteiger partial charge in [-0.2, -0.15) is 0 Å². The van der Waals surface area contributed by atoms with Crippen molar-refractivity contribution in [3.8, 4) is 0 Å². The van der Waals surface area contributed by atoms with Gasteiger partial charge in [-0.3, -0.25) is 14.4 Å². The van der Waals surface area contributed by atoms with Crippen LogP contribution in [0, 0.1) is 0 Å². The molecule has 0 amide bonds. The Morgan fingerprint density at radius 3 is 1.20 bits per heavy atom. The molecule has 6 heteroatoms. The van der Waals surface area contributed by atoms with E-state index in [4.69, 9.17) is 14.2 Å². The van der Waals surface area contributed by atoms with Crippen LogP contribution in [0.2, 0.25) is 0 Å². The molecule has 1 unspecified atom stereocenters. The van der Waals surface area contributed by atoms with Crippen LogP contribution >= 0.6 is 0 Å². The highest BCUT2D eigenvalue weighted by atomic mass is 16.6. The van der Waals surface area contributed by atoms with E-state index in [9.17, 15) is 14.4 Å². The van der Waals surface area contributed by atoms with Gasteiger partial charge in [0.25, 0.3) is 0 Å². The molecule has 0 saturated heterocycles. The van der Waals surface area contributed by atoms with Gasteiger partial charge in [0.05, 0.1) is 6.42 Å². The van der Waals surface area contributed by atoms with Crippen LogP contribution in [0.1, 0.15) is 124 Å². The lowest BCUT2D eigenvalue weighted by Gasteiger charge is -2.18. The third-order valence-electron chi connectivity index (χ3n) is 6.79. The molecule has 0 bridgehead atoms. The highest BCUT2D eigenvalue weighted by Gasteiger charge is 2.19. The molecule has 0 aromatic rings. The summed E-state index contributed by atoms with van der Waals surface area (Å²) in [4.78, 5) is 37.2. The zero-order chi connectivity index (χ0) is 35.9. The van der Waals surface area contributed by atoms with Crippen molar-refractivity contribution in [3.05, 3.63) is 109 Å². The number of ether oxygens (including phenoxy) is 3. The molecule has 0 fully saturated rings. The topological polar surface area (TPSA) is 78.9 Å². The molecule has 0 saturated carbocycles. The van der Waals surface area contributed by atoms with Crippen LogP contribution < -0.4 is 0 Å². The number of allylic oxidation sites excluding steroid dienone is 17. The van der Waals surface area contributed by atoms with Gasteiger partial charge in [0.1, 0.15) is 13.2 Å². The minimum absolute atomic E-state index is 0.111. The van der Waals surface area contributed by atoms with E-state index in [1.807, 2.05) is 12.2 Å². The molecule has 0 N–H and O–H groups in total. The second-order valence-corrected chi connectivity index (χ2v) is 11.3. The van der Waals surface area contributed by atoms with E-state index in [1.54, 1.807) is 6.08 Å². The fourth-order valence-electron chi connectivity index (χ4n) is 4.13. The number of esters is 3. The molecule has 0 aromatic heterocycles. The predicted octanol–water partition coefficient (Wildman–Crippen LogP) is 11.3. The fourth-order valence-corrected chi connectivity index (χ4v) is 4.13. The summed E-state index contributed by atoms with van der Waals surface area (Å²) in [6.45, 7) is 6.02. The molecule has 0 aliphatic carbocycles. The normalized spacial score (nSPS) is 13.3. The fraction of sp³-hybridized carbons (Fsp3) is 0.512. The first-order valence-corrected chi connectivity index (χ1v) is 18.4. The average molecular weight is 677 g/mol. The van der Waals surface area contributed by atoms with Gasteiger partial charge in [0.15, 0.2) is 6.10 Å². The molecule has 0 rings (SSSR count). The maximum absolute atomic E-state index is 12.6. The first-order valence-electron chi connectivity index (χ1n) is 18.4. The lowest BCUT2D eigenvalue weighted by Crippen LogP contribution is -2.30. The third-order valence-corrected chi connectivity index (χ3v) is 6.79. The van der Waals surface area contributed by atoms with Crippen molar-refractivity contribution in [1.29, 1.82) is 0 Å². The molecular weight excluding hydrogens is 612 g/mol. The summed E-state index contributed by atoms with van der Waals surface area (Å²) in [6.07, 6.45) is 48.4. The molecule has 0 radical (unpaired) electrons. The third kappa shape index (κ3) is 35.2. The van der Waals surface area contributed by atoms with E-state index < -0.39 is 18.0 Å². The Morgan fingerprint density at radius 1 is 0.429 bits per heavy atom. The van der Waals surface area contributed by atoms with Crippen molar-refractivity contribution in [3.63, 3.8) is 0 Å². The van der Waals surface area contributed by atoms with Crippen LogP contribution in [0.5, 0.6) is 0 Å². The summed E-state index contributed by atoms with van der Waals surface area (Å²) in [5.74, 6) is -1.21. The van der Waals surface area contributed by atoms with Crippen LogP contribution in [0.15, 0.2) is 109 Å². The SMILES string of the molecule is CC/C=C\C/C=C\C/C=C\CCCC(=O)OCC(COC(=O)C/C=C\C/C=C\C/C=C\CC)OC(=O)CCC/C=C\C/C=C\C/C=C\CC. The van der Waals surface area contributed by atoms with E-state index in [0.717, 1.165) is 70.6 Å². The first kappa shape index (κ1) is 45.1. The monoisotopic (exact) mass is 676 g/mol. The Hall–Kier alpha value is -3.93. The quantitative estimate of drug-likeness (QED) is 0.0326. The van der Waals surface area contributed by atoms with Crippen LogP contribution in [0.3, 0.4) is 0 Å². The predicted molar refractivity (Wildman–Crippen MR) is 205 cm³/mol. The molecule has 0 heterocycles. The minimum Gasteiger partial charge on any atom is -0.462 e. The minimum atomic E-state index is -0.857. The molecule has 1 atom stereocenters. The highest BCUT2D eigenvalue weighted by molar-refractivity contribution is 5.72. The Morgan fingerprint density at radius 2 is 0.776 bits per heavy atom. The number of carbonyl (C=O) groups excluding carboxylic acids is 3. The number of hydrogen-bond acceptors (Lipinski definition) is 6. The maximum Gasteiger partial charge on any atom is 0.309 e. The summed E-state index contributed by atoms with van der Waals surface area (Å²) in [7, 11) is 0. The number of hydrogen-bond donors (Lipinski definition) is 0. The average Bonchev–Trinajstić information content (AvgIpc) is 3.10. The summed E-state index contributed by atoms with van der Waals surface area (Å²) in [6, 6.07) is 0. The first-order chi connectivity index (χ1) is 24.0. The molecule has 0 spiro atoms. The van der Waals surface area contributed by atoms with Crippen molar-refractivity contribution in [2.24, 2.45) is 0 Å². The molecule has 272 valence electrons. The van der Waals surface area contributed by atoms with E-state index in [1.165, 1.54) is 0 Å². The summed E-state index contributed by atoms with van der Waals surface area (Å²) < 4.78 is 16.3. The van der Waals surface area contributed by atoms with Gasteiger partial charge >= 0.3 is 17.9 Å². The zero-order valence-corrected chi connectivity index (χ0v) is 30.6. The summed E-state index contributed by atoms with van der Waals surface area (Å²) in [5, 5.41) is 0. The van der Waals surface area contributed by atoms with Gasteiger partial charge in [-0.15, -0.1) is 0 Å². The van der Waals surface area contributed by atoms with Gasteiger partial charge in [-0.25, -0.2) is 0 Å². The van der Waals surface area contributed by atoms with Gasteiger partial charge in [-0.05, 0) is 83.5 Å². The van der Waals surface area contributed by atoms with Gasteiger partial charge in [0, 0.05) is 12.8 Å². The zero-order valence-electron chi connectivity index (χ0n) is 30.6. The molecule has 0 aliphatic heterocycles. The molecule has 0 aromatic carbocycles. The van der Waals surface area contributed by atoms with Crippen LogP contribution in [-0.2, 0) is 28.6 Å². The number of rotatable bonds is 30.